The summed E-state index contributed by atoms with van der Waals surface area (Å²) in [6, 6.07) is 18.7. The molecule has 0 aliphatic heterocycles. The Labute approximate surface area is 229 Å². The van der Waals surface area contributed by atoms with Crippen LogP contribution in [-0.2, 0) is 28.5 Å². The number of thioether (sulfide) groups is 2. The third-order valence-electron chi connectivity index (χ3n) is 4.21. The third kappa shape index (κ3) is 12.0. The molecule has 0 aliphatic rings. The molecule has 2 rings (SSSR count). The summed E-state index contributed by atoms with van der Waals surface area (Å²) in [5, 5.41) is 0. The van der Waals surface area contributed by atoms with E-state index in [1.165, 1.54) is 23.5 Å². The van der Waals surface area contributed by atoms with Crippen LogP contribution in [0.15, 0.2) is 60.7 Å². The first kappa shape index (κ1) is 29.8. The van der Waals surface area contributed by atoms with Crippen LogP contribution in [-0.4, -0.2) is 63.4 Å². The van der Waals surface area contributed by atoms with Crippen molar-refractivity contribution in [2.75, 3.05) is 24.7 Å². The summed E-state index contributed by atoms with van der Waals surface area (Å²) in [6.45, 7) is 2.84. The molecule has 7 nitrogen and oxygen atoms in total. The van der Waals surface area contributed by atoms with Gasteiger partial charge in [-0.1, -0.05) is 85.1 Å². The van der Waals surface area contributed by atoms with Gasteiger partial charge in [0.2, 0.25) is 0 Å². The maximum absolute atomic E-state index is 12.0. The maximum atomic E-state index is 12.0. The molecule has 2 atom stereocenters. The third-order valence-corrected chi connectivity index (χ3v) is 7.14. The van der Waals surface area contributed by atoms with Gasteiger partial charge in [0.15, 0.2) is 0 Å². The van der Waals surface area contributed by atoms with E-state index in [-0.39, 0.29) is 24.7 Å². The minimum absolute atomic E-state index is 0.0409. The predicted molar refractivity (Wildman–Crippen MR) is 150 cm³/mol. The zero-order valence-corrected chi connectivity index (χ0v) is 23.0. The number of benzene rings is 2. The van der Waals surface area contributed by atoms with Crippen molar-refractivity contribution in [3.8, 4) is 0 Å². The normalized spacial score (nSPS) is 12.1. The van der Waals surface area contributed by atoms with Gasteiger partial charge < -0.3 is 18.9 Å². The molecule has 0 aromatic heterocycles. The zero-order chi connectivity index (χ0) is 26.3. The molecule has 36 heavy (non-hydrogen) atoms. The highest BCUT2D eigenvalue weighted by Crippen LogP contribution is 2.15. The van der Waals surface area contributed by atoms with Crippen LogP contribution in [0.5, 0.6) is 0 Å². The number of thiocarbonyl (C=S) groups is 2. The molecule has 2 aromatic carbocycles. The minimum atomic E-state index is -0.958. The molecule has 0 saturated carbocycles. The highest BCUT2D eigenvalue weighted by Gasteiger charge is 2.17. The Morgan fingerprint density at radius 1 is 0.694 bits per heavy atom. The van der Waals surface area contributed by atoms with Crippen LogP contribution in [0.1, 0.15) is 25.0 Å². The van der Waals surface area contributed by atoms with Crippen LogP contribution < -0.4 is 0 Å². The fourth-order valence-corrected chi connectivity index (χ4v) is 4.41. The molecule has 0 saturated heterocycles. The van der Waals surface area contributed by atoms with Crippen LogP contribution >= 0.6 is 48.0 Å². The Bertz CT molecular complexity index is 1030. The van der Waals surface area contributed by atoms with Crippen LogP contribution in [0.2, 0.25) is 0 Å². The predicted octanol–water partition coefficient (Wildman–Crippen LogP) is 5.22. The summed E-state index contributed by atoms with van der Waals surface area (Å²) in [6.07, 6.45) is -2.35. The Balaban J connectivity index is 1.57. The van der Waals surface area contributed by atoms with Crippen molar-refractivity contribution in [1.82, 2.24) is 0 Å². The smallest absolute Gasteiger partial charge is 0.461 e. The molecule has 0 bridgehead atoms. The summed E-state index contributed by atoms with van der Waals surface area (Å²) >= 11 is 13.0. The molecule has 0 amide bonds. The maximum Gasteiger partial charge on any atom is 0.508 e. The highest BCUT2D eigenvalue weighted by atomic mass is 32.2. The summed E-state index contributed by atoms with van der Waals surface area (Å²) in [4.78, 5) is 35.8. The summed E-state index contributed by atoms with van der Waals surface area (Å²) in [7, 11) is 0. The van der Waals surface area contributed by atoms with Crippen molar-refractivity contribution < 1.29 is 33.3 Å². The van der Waals surface area contributed by atoms with Gasteiger partial charge in [-0.05, 0) is 25.0 Å². The van der Waals surface area contributed by atoms with E-state index in [1.807, 2.05) is 60.7 Å². The van der Waals surface area contributed by atoms with Crippen LogP contribution in [0.25, 0.3) is 0 Å². The molecule has 2 aromatic rings. The lowest BCUT2D eigenvalue weighted by molar-refractivity contribution is -0.147. The fraction of sp³-hybridized carbons (Fsp3) is 0.320. The molecule has 0 radical (unpaired) electrons. The van der Waals surface area contributed by atoms with Crippen molar-refractivity contribution in [2.24, 2.45) is 0 Å². The zero-order valence-electron chi connectivity index (χ0n) is 19.7. The number of esters is 2. The Morgan fingerprint density at radius 2 is 1.14 bits per heavy atom. The number of hydrogen-bond acceptors (Lipinski definition) is 11. The van der Waals surface area contributed by atoms with Crippen LogP contribution in [0.3, 0.4) is 0 Å². The van der Waals surface area contributed by atoms with Gasteiger partial charge in [-0.25, -0.2) is 4.79 Å². The average molecular weight is 567 g/mol. The van der Waals surface area contributed by atoms with Crippen LogP contribution in [0, 0.1) is 0 Å². The standard InChI is InChI=1S/C25H26O7S4/c1-17(31-22(27)16-36-24(34)20-11-7-4-8-12-20)14-30-25(28)32-18(2)13-29-21(26)15-35-23(33)19-9-5-3-6-10-19/h3-12,17-18H,13-16H2,1-2H3. The Hall–Kier alpha value is -2.47. The second kappa shape index (κ2) is 16.3. The van der Waals surface area contributed by atoms with E-state index >= 15 is 0 Å². The van der Waals surface area contributed by atoms with E-state index in [9.17, 15) is 14.4 Å². The first-order valence-electron chi connectivity index (χ1n) is 10.9. The number of carbonyl (C=O) groups is 3. The summed E-state index contributed by atoms with van der Waals surface area (Å²) in [5.41, 5.74) is 1.72. The van der Waals surface area contributed by atoms with E-state index in [4.69, 9.17) is 43.4 Å². The molecule has 0 fully saturated rings. The minimum Gasteiger partial charge on any atom is -0.461 e. The quantitative estimate of drug-likeness (QED) is 0.192. The van der Waals surface area contributed by atoms with Crippen molar-refractivity contribution in [2.45, 2.75) is 26.1 Å². The SMILES string of the molecule is CC(COC(=O)OC(C)COC(=O)CSC(=S)c1ccccc1)OC(=O)CSC(=S)c1ccccc1. The van der Waals surface area contributed by atoms with Gasteiger partial charge in [0.1, 0.15) is 25.4 Å². The van der Waals surface area contributed by atoms with Gasteiger partial charge in [0.05, 0.1) is 19.9 Å². The van der Waals surface area contributed by atoms with Gasteiger partial charge in [-0.2, -0.15) is 0 Å². The van der Waals surface area contributed by atoms with Gasteiger partial charge >= 0.3 is 18.1 Å². The lowest BCUT2D eigenvalue weighted by Crippen LogP contribution is -2.27. The summed E-state index contributed by atoms with van der Waals surface area (Å²) in [5.74, 6) is -0.874. The van der Waals surface area contributed by atoms with Crippen molar-refractivity contribution in [1.29, 1.82) is 0 Å². The van der Waals surface area contributed by atoms with E-state index in [0.717, 1.165) is 11.1 Å². The van der Waals surface area contributed by atoms with Gasteiger partial charge in [-0.15, -0.1) is 23.5 Å². The van der Waals surface area contributed by atoms with Crippen molar-refractivity contribution in [3.63, 3.8) is 0 Å². The molecule has 11 heteroatoms. The monoisotopic (exact) mass is 566 g/mol. The van der Waals surface area contributed by atoms with E-state index in [2.05, 4.69) is 0 Å². The molecule has 192 valence electrons. The largest absolute Gasteiger partial charge is 0.508 e. The highest BCUT2D eigenvalue weighted by molar-refractivity contribution is 8.24. The second-order valence-corrected chi connectivity index (χ2v) is 10.7. The molecular formula is C25H26O7S4. The number of hydrogen-bond donors (Lipinski definition) is 0. The topological polar surface area (TPSA) is 88.1 Å². The van der Waals surface area contributed by atoms with E-state index in [0.29, 0.717) is 8.39 Å². The molecule has 0 spiro atoms. The lowest BCUT2D eigenvalue weighted by Gasteiger charge is -2.16. The number of carbonyl (C=O) groups excluding carboxylic acids is 3. The van der Waals surface area contributed by atoms with Crippen molar-refractivity contribution in [3.05, 3.63) is 71.8 Å². The first-order chi connectivity index (χ1) is 17.2. The lowest BCUT2D eigenvalue weighted by atomic mass is 10.2. The Morgan fingerprint density at radius 3 is 1.67 bits per heavy atom. The number of rotatable bonds is 12. The van der Waals surface area contributed by atoms with Gasteiger partial charge in [-0.3, -0.25) is 9.59 Å². The first-order valence-corrected chi connectivity index (χ1v) is 13.7. The van der Waals surface area contributed by atoms with E-state index in [1.54, 1.807) is 13.8 Å². The van der Waals surface area contributed by atoms with Crippen molar-refractivity contribution >= 4 is 74.4 Å². The van der Waals surface area contributed by atoms with Gasteiger partial charge in [0, 0.05) is 0 Å². The van der Waals surface area contributed by atoms with Gasteiger partial charge in [0.25, 0.3) is 0 Å². The van der Waals surface area contributed by atoms with Crippen LogP contribution in [0.4, 0.5) is 4.79 Å². The number of ether oxygens (including phenoxy) is 4. The summed E-state index contributed by atoms with van der Waals surface area (Å²) < 4.78 is 21.5. The molecule has 2 unspecified atom stereocenters. The Kier molecular flexibility index (Phi) is 13.5. The molecular weight excluding hydrogens is 541 g/mol. The second-order valence-electron chi connectivity index (χ2n) is 7.36. The average Bonchev–Trinajstić information content (AvgIpc) is 2.89. The van der Waals surface area contributed by atoms with E-state index < -0.39 is 30.3 Å². The molecule has 0 heterocycles. The fourth-order valence-electron chi connectivity index (χ4n) is 2.53. The molecule has 0 aliphatic carbocycles. The molecule has 0 N–H and O–H groups in total.